The van der Waals surface area contributed by atoms with E-state index < -0.39 is 72.1 Å². The van der Waals surface area contributed by atoms with Crippen LogP contribution in [0.3, 0.4) is 0 Å². The summed E-state index contributed by atoms with van der Waals surface area (Å²) in [5.74, 6) is -2.41. The van der Waals surface area contributed by atoms with Crippen molar-refractivity contribution in [2.75, 3.05) is 19.8 Å². The third kappa shape index (κ3) is 12.7. The van der Waals surface area contributed by atoms with Crippen molar-refractivity contribution in [3.8, 4) is 0 Å². The number of halogens is 3. The minimum Gasteiger partial charge on any atom is -0.460 e. The number of hydrazine groups is 1. The van der Waals surface area contributed by atoms with Gasteiger partial charge in [-0.3, -0.25) is 24.2 Å². The molecular formula is C39H57Cl3N4O7Si. The number of rotatable bonds is 14. The first-order chi connectivity index (χ1) is 24.8. The van der Waals surface area contributed by atoms with Crippen LogP contribution in [0.4, 0.5) is 0 Å². The molecule has 0 bridgehead atoms. The van der Waals surface area contributed by atoms with E-state index in [1.54, 1.807) is 20.8 Å². The number of carbonyl (C=O) groups excluding carboxylic acids is 4. The normalized spacial score (nSPS) is 18.6. The Morgan fingerprint density at radius 3 is 2.22 bits per heavy atom. The topological polar surface area (TPSA) is 146 Å². The molecule has 4 N–H and O–H groups in total. The second-order valence-corrected chi connectivity index (χ2v) is 23.6. The number of carbonyl (C=O) groups is 4. The SMILES string of the molecule is CC(NC(=O)C(NC(=O)C(C)(C=Cc1ccc2ccc(C(C)O)cc2c1)CO[Si](C)(C)C(C)(C)C)C(C)C)C(=O)N1CCCC(C(=O)OCC(Cl)(Cl)Cl)N1. The number of amides is 3. The molecule has 0 radical (unpaired) electrons. The lowest BCUT2D eigenvalue weighted by Crippen LogP contribution is -2.61. The molecule has 1 aliphatic heterocycles. The van der Waals surface area contributed by atoms with Gasteiger partial charge in [0.15, 0.2) is 8.32 Å². The highest BCUT2D eigenvalue weighted by Crippen LogP contribution is 2.38. The highest BCUT2D eigenvalue weighted by atomic mass is 35.6. The summed E-state index contributed by atoms with van der Waals surface area (Å²) in [5, 5.41) is 19.0. The molecule has 5 unspecified atom stereocenters. The number of alkyl halides is 3. The van der Waals surface area contributed by atoms with Crippen LogP contribution in [-0.2, 0) is 28.3 Å². The molecule has 1 aliphatic rings. The Bertz CT molecular complexity index is 1690. The van der Waals surface area contributed by atoms with Crippen LogP contribution < -0.4 is 16.1 Å². The van der Waals surface area contributed by atoms with Gasteiger partial charge in [-0.15, -0.1) is 0 Å². The van der Waals surface area contributed by atoms with Gasteiger partial charge in [-0.25, -0.2) is 5.43 Å². The fraction of sp³-hybridized carbons (Fsp3) is 0.590. The van der Waals surface area contributed by atoms with Gasteiger partial charge in [0.25, 0.3) is 5.91 Å². The average molecular weight is 828 g/mol. The Morgan fingerprint density at radius 2 is 1.63 bits per heavy atom. The molecule has 3 amide bonds. The number of aliphatic hydroxyl groups excluding tert-OH is 1. The summed E-state index contributed by atoms with van der Waals surface area (Å²) < 4.78 is 9.90. The van der Waals surface area contributed by atoms with Crippen molar-refractivity contribution in [1.82, 2.24) is 21.1 Å². The van der Waals surface area contributed by atoms with Gasteiger partial charge in [0, 0.05) is 6.54 Å². The van der Waals surface area contributed by atoms with E-state index >= 15 is 0 Å². The summed E-state index contributed by atoms with van der Waals surface area (Å²) in [5.41, 5.74) is 3.34. The first-order valence-electron chi connectivity index (χ1n) is 18.3. The first-order valence-corrected chi connectivity index (χ1v) is 22.3. The third-order valence-electron chi connectivity index (χ3n) is 10.2. The Kier molecular flexibility index (Phi) is 15.6. The van der Waals surface area contributed by atoms with Gasteiger partial charge in [0.2, 0.25) is 15.6 Å². The maximum atomic E-state index is 14.3. The molecule has 2 aromatic rings. The van der Waals surface area contributed by atoms with E-state index in [0.29, 0.717) is 19.4 Å². The highest BCUT2D eigenvalue weighted by molar-refractivity contribution is 6.74. The average Bonchev–Trinajstić information content (AvgIpc) is 3.09. The largest absolute Gasteiger partial charge is 0.460 e. The molecule has 54 heavy (non-hydrogen) atoms. The second-order valence-electron chi connectivity index (χ2n) is 16.3. The van der Waals surface area contributed by atoms with Gasteiger partial charge >= 0.3 is 5.97 Å². The fourth-order valence-electron chi connectivity index (χ4n) is 5.47. The number of hydrogen-bond donors (Lipinski definition) is 4. The number of nitrogens with one attached hydrogen (secondary N) is 3. The van der Waals surface area contributed by atoms with Gasteiger partial charge in [-0.2, -0.15) is 0 Å². The lowest BCUT2D eigenvalue weighted by molar-refractivity contribution is -0.152. The number of nitrogens with zero attached hydrogens (tertiary/aromatic N) is 1. The molecule has 1 saturated heterocycles. The molecule has 2 aromatic carbocycles. The molecule has 0 aromatic heterocycles. The minimum absolute atomic E-state index is 0.0821. The zero-order valence-electron chi connectivity index (χ0n) is 33.0. The van der Waals surface area contributed by atoms with Gasteiger partial charge in [0.05, 0.1) is 18.1 Å². The lowest BCUT2D eigenvalue weighted by Gasteiger charge is -2.39. The van der Waals surface area contributed by atoms with Crippen LogP contribution in [0.5, 0.6) is 0 Å². The van der Waals surface area contributed by atoms with Gasteiger partial charge in [-0.1, -0.05) is 106 Å². The molecule has 15 heteroatoms. The monoisotopic (exact) mass is 826 g/mol. The molecule has 5 atom stereocenters. The summed E-state index contributed by atoms with van der Waals surface area (Å²) >= 11 is 17.1. The smallest absolute Gasteiger partial charge is 0.325 e. The summed E-state index contributed by atoms with van der Waals surface area (Å²) in [7, 11) is -2.29. The van der Waals surface area contributed by atoms with Crippen LogP contribution in [0, 0.1) is 11.3 Å². The quantitative estimate of drug-likeness (QED) is 0.0907. The van der Waals surface area contributed by atoms with E-state index in [-0.39, 0.29) is 17.6 Å². The molecule has 1 heterocycles. The Balaban J connectivity index is 1.81. The number of aliphatic hydroxyl groups is 1. The standard InChI is InChI=1S/C39H57Cl3N4O7Si/c1-24(2)32(33(48)43-25(3)34(49)46-19-11-12-31(45-46)35(50)52-23-39(40,41)42)44-36(51)38(8,22-53-54(9,10)37(5,6)7)18-17-27-13-14-28-15-16-29(26(4)47)21-30(28)20-27/h13-18,20-21,24-26,31-32,45,47H,11-12,19,22-23H2,1-10H3,(H,43,48)(H,44,51). The van der Waals surface area contributed by atoms with Crippen molar-refractivity contribution in [3.05, 3.63) is 53.6 Å². The van der Waals surface area contributed by atoms with Crippen LogP contribution in [0.25, 0.3) is 16.8 Å². The van der Waals surface area contributed by atoms with Crippen molar-refractivity contribution in [3.63, 3.8) is 0 Å². The van der Waals surface area contributed by atoms with Crippen LogP contribution in [0.1, 0.15) is 85.5 Å². The van der Waals surface area contributed by atoms with E-state index in [0.717, 1.165) is 21.9 Å². The maximum absolute atomic E-state index is 14.3. The predicted molar refractivity (Wildman–Crippen MR) is 218 cm³/mol. The molecule has 0 saturated carbocycles. The Hall–Kier alpha value is -2.71. The predicted octanol–water partition coefficient (Wildman–Crippen LogP) is 6.99. The first kappa shape index (κ1) is 45.7. The van der Waals surface area contributed by atoms with E-state index in [9.17, 15) is 24.3 Å². The van der Waals surface area contributed by atoms with Gasteiger partial charge < -0.3 is 24.9 Å². The van der Waals surface area contributed by atoms with E-state index in [4.69, 9.17) is 44.0 Å². The minimum atomic E-state index is -2.29. The summed E-state index contributed by atoms with van der Waals surface area (Å²) in [6.07, 6.45) is 3.99. The highest BCUT2D eigenvalue weighted by Gasteiger charge is 2.42. The van der Waals surface area contributed by atoms with E-state index in [1.165, 1.54) is 5.01 Å². The van der Waals surface area contributed by atoms with Crippen molar-refractivity contribution in [1.29, 1.82) is 0 Å². The third-order valence-corrected chi connectivity index (χ3v) is 15.0. The lowest BCUT2D eigenvalue weighted by atomic mass is 9.88. The van der Waals surface area contributed by atoms with Crippen LogP contribution in [-0.4, -0.2) is 83.8 Å². The van der Waals surface area contributed by atoms with Crippen molar-refractivity contribution < 1.29 is 33.4 Å². The number of hydrogen-bond acceptors (Lipinski definition) is 8. The molecular weight excluding hydrogens is 771 g/mol. The summed E-state index contributed by atoms with van der Waals surface area (Å²) in [6, 6.07) is 8.96. The number of esters is 1. The second kappa shape index (κ2) is 18.5. The molecule has 1 fully saturated rings. The van der Waals surface area contributed by atoms with Crippen LogP contribution in [0.15, 0.2) is 42.5 Å². The zero-order chi connectivity index (χ0) is 40.8. The zero-order valence-corrected chi connectivity index (χ0v) is 36.3. The Morgan fingerprint density at radius 1 is 0.981 bits per heavy atom. The molecule has 3 rings (SSSR count). The Labute approximate surface area is 335 Å². The van der Waals surface area contributed by atoms with Gasteiger partial charge in [-0.05, 0) is 91.7 Å². The van der Waals surface area contributed by atoms with Crippen molar-refractivity contribution >= 4 is 83.7 Å². The van der Waals surface area contributed by atoms with E-state index in [1.807, 2.05) is 62.4 Å². The van der Waals surface area contributed by atoms with E-state index in [2.05, 4.69) is 49.9 Å². The van der Waals surface area contributed by atoms with Crippen LogP contribution >= 0.6 is 34.8 Å². The van der Waals surface area contributed by atoms with Crippen molar-refractivity contribution in [2.45, 2.75) is 114 Å². The summed E-state index contributed by atoms with van der Waals surface area (Å²) in [4.78, 5) is 54.0. The number of ether oxygens (including phenoxy) is 1. The fourth-order valence-corrected chi connectivity index (χ4v) is 6.73. The molecule has 0 aliphatic carbocycles. The summed E-state index contributed by atoms with van der Waals surface area (Å²) in [6.45, 7) is 19.2. The number of benzene rings is 2. The van der Waals surface area contributed by atoms with Crippen molar-refractivity contribution in [2.24, 2.45) is 11.3 Å². The molecule has 11 nitrogen and oxygen atoms in total. The maximum Gasteiger partial charge on any atom is 0.325 e. The molecule has 0 spiro atoms. The molecule has 300 valence electrons. The van der Waals surface area contributed by atoms with Crippen LogP contribution in [0.2, 0.25) is 18.1 Å². The van der Waals surface area contributed by atoms with Gasteiger partial charge in [0.1, 0.15) is 24.7 Å². The number of fused-ring (bicyclic) bond motifs is 1.